The summed E-state index contributed by atoms with van der Waals surface area (Å²) < 4.78 is 5.63. The van der Waals surface area contributed by atoms with E-state index >= 15 is 0 Å². The van der Waals surface area contributed by atoms with Gasteiger partial charge in [0.05, 0.1) is 11.4 Å². The van der Waals surface area contributed by atoms with Gasteiger partial charge >= 0.3 is 6.01 Å². The Bertz CT molecular complexity index is 1020. The number of benzodiazepines with no additional fused rings is 1. The van der Waals surface area contributed by atoms with E-state index in [2.05, 4.69) is 20.8 Å². The summed E-state index contributed by atoms with van der Waals surface area (Å²) in [5.41, 5.74) is 3.24. The Morgan fingerprint density at radius 1 is 1.00 bits per heavy atom. The van der Waals surface area contributed by atoms with Crippen molar-refractivity contribution in [3.05, 3.63) is 71.6 Å². The molecule has 7 nitrogen and oxygen atoms in total. The fourth-order valence-electron chi connectivity index (χ4n) is 3.09. The van der Waals surface area contributed by atoms with Crippen LogP contribution in [0.3, 0.4) is 0 Å². The summed E-state index contributed by atoms with van der Waals surface area (Å²) in [6.45, 7) is 0. The van der Waals surface area contributed by atoms with Gasteiger partial charge in [-0.1, -0.05) is 53.6 Å². The molecule has 134 valence electrons. The monoisotopic (exact) mass is 359 g/mol. The number of fused-ring (bicyclic) bond motifs is 1. The predicted molar refractivity (Wildman–Crippen MR) is 101 cm³/mol. The summed E-state index contributed by atoms with van der Waals surface area (Å²) in [5, 5.41) is 14.0. The van der Waals surface area contributed by atoms with E-state index in [1.54, 1.807) is 0 Å². The molecule has 0 bridgehead atoms. The van der Waals surface area contributed by atoms with Crippen LogP contribution in [0.5, 0.6) is 0 Å². The van der Waals surface area contributed by atoms with Crippen molar-refractivity contribution in [1.82, 2.24) is 10.2 Å². The quantitative estimate of drug-likeness (QED) is 0.746. The highest BCUT2D eigenvalue weighted by molar-refractivity contribution is 6.19. The molecule has 0 spiro atoms. The Balaban J connectivity index is 1.53. The summed E-state index contributed by atoms with van der Waals surface area (Å²) in [6, 6.07) is 17.6. The lowest BCUT2D eigenvalue weighted by atomic mass is 10.0. The summed E-state index contributed by atoms with van der Waals surface area (Å²) >= 11 is 0. The Labute approximate surface area is 155 Å². The maximum absolute atomic E-state index is 12.7. The van der Waals surface area contributed by atoms with Gasteiger partial charge in [0.15, 0.2) is 0 Å². The van der Waals surface area contributed by atoms with Gasteiger partial charge in [-0.15, -0.1) is 5.10 Å². The lowest BCUT2D eigenvalue weighted by Crippen LogP contribution is -2.32. The number of carbonyl (C=O) groups excluding carboxylic acids is 1. The fourth-order valence-corrected chi connectivity index (χ4v) is 3.09. The zero-order chi connectivity index (χ0) is 18.2. The molecule has 1 aliphatic heterocycles. The topological polar surface area (TPSA) is 92.4 Å². The van der Waals surface area contributed by atoms with Crippen molar-refractivity contribution in [2.24, 2.45) is 4.99 Å². The molecule has 0 saturated heterocycles. The van der Waals surface area contributed by atoms with Crippen molar-refractivity contribution in [2.75, 3.05) is 10.6 Å². The first-order chi connectivity index (χ1) is 13.3. The molecule has 1 fully saturated rings. The van der Waals surface area contributed by atoms with Gasteiger partial charge in [0.2, 0.25) is 12.1 Å². The number of para-hydroxylation sites is 1. The molecular formula is C20H17N5O2. The maximum atomic E-state index is 12.7. The average molecular weight is 359 g/mol. The van der Waals surface area contributed by atoms with Gasteiger partial charge in [-0.2, -0.15) is 0 Å². The second-order valence-electron chi connectivity index (χ2n) is 6.65. The number of hydrogen-bond acceptors (Lipinski definition) is 6. The first kappa shape index (κ1) is 15.7. The first-order valence-electron chi connectivity index (χ1n) is 8.91. The van der Waals surface area contributed by atoms with Crippen molar-refractivity contribution < 1.29 is 9.21 Å². The van der Waals surface area contributed by atoms with Crippen LogP contribution < -0.4 is 10.6 Å². The van der Waals surface area contributed by atoms with Crippen molar-refractivity contribution in [3.63, 3.8) is 0 Å². The highest BCUT2D eigenvalue weighted by Crippen LogP contribution is 2.39. The number of anilines is 2. The summed E-state index contributed by atoms with van der Waals surface area (Å²) in [6.07, 6.45) is 1.26. The highest BCUT2D eigenvalue weighted by atomic mass is 16.4. The average Bonchev–Trinajstić information content (AvgIpc) is 3.47. The summed E-state index contributed by atoms with van der Waals surface area (Å²) in [4.78, 5) is 17.4. The largest absolute Gasteiger partial charge is 0.408 e. The number of carbonyl (C=O) groups is 1. The molecule has 2 aliphatic rings. The van der Waals surface area contributed by atoms with E-state index in [9.17, 15) is 4.79 Å². The molecule has 7 heteroatoms. The van der Waals surface area contributed by atoms with Crippen LogP contribution >= 0.6 is 0 Å². The lowest BCUT2D eigenvalue weighted by Gasteiger charge is -2.11. The van der Waals surface area contributed by atoms with E-state index in [1.807, 2.05) is 54.6 Å². The maximum Gasteiger partial charge on any atom is 0.317 e. The summed E-state index contributed by atoms with van der Waals surface area (Å²) in [7, 11) is 0. The SMILES string of the molecule is O=C1Nc2ccccc2C(c2ccccc2)=NC1Nc1nnc(C2CC2)o1. The molecule has 1 unspecified atom stereocenters. The lowest BCUT2D eigenvalue weighted by molar-refractivity contribution is -0.116. The Hall–Kier alpha value is -3.48. The molecular weight excluding hydrogens is 342 g/mol. The number of aliphatic imine (C=N–C) groups is 1. The van der Waals surface area contributed by atoms with Crippen LogP contribution in [0.1, 0.15) is 35.8 Å². The number of hydrogen-bond donors (Lipinski definition) is 2. The molecule has 1 aromatic heterocycles. The molecule has 0 radical (unpaired) electrons. The molecule has 27 heavy (non-hydrogen) atoms. The first-order valence-corrected chi connectivity index (χ1v) is 8.91. The molecule has 5 rings (SSSR count). The second-order valence-corrected chi connectivity index (χ2v) is 6.65. The zero-order valence-electron chi connectivity index (χ0n) is 14.4. The molecule has 3 aromatic rings. The van der Waals surface area contributed by atoms with Gasteiger partial charge in [-0.25, -0.2) is 4.99 Å². The number of rotatable bonds is 4. The van der Waals surface area contributed by atoms with Crippen LogP contribution in [-0.4, -0.2) is 28.0 Å². The van der Waals surface area contributed by atoms with Gasteiger partial charge in [-0.3, -0.25) is 4.79 Å². The van der Waals surface area contributed by atoms with E-state index in [-0.39, 0.29) is 11.9 Å². The van der Waals surface area contributed by atoms with Gasteiger partial charge in [0.1, 0.15) is 0 Å². The van der Waals surface area contributed by atoms with Crippen LogP contribution in [-0.2, 0) is 4.79 Å². The van der Waals surface area contributed by atoms with Gasteiger partial charge in [0.25, 0.3) is 5.91 Å². The van der Waals surface area contributed by atoms with Crippen molar-refractivity contribution >= 4 is 23.3 Å². The molecule has 1 amide bonds. The Morgan fingerprint density at radius 3 is 2.59 bits per heavy atom. The van der Waals surface area contributed by atoms with Gasteiger partial charge < -0.3 is 15.1 Å². The minimum Gasteiger partial charge on any atom is -0.408 e. The minimum atomic E-state index is -0.875. The Morgan fingerprint density at radius 2 is 1.78 bits per heavy atom. The third kappa shape index (κ3) is 3.08. The van der Waals surface area contributed by atoms with Crippen LogP contribution in [0.25, 0.3) is 0 Å². The fraction of sp³-hybridized carbons (Fsp3) is 0.200. The van der Waals surface area contributed by atoms with E-state index in [4.69, 9.17) is 9.41 Å². The smallest absolute Gasteiger partial charge is 0.317 e. The van der Waals surface area contributed by atoms with Crippen LogP contribution in [0.2, 0.25) is 0 Å². The van der Waals surface area contributed by atoms with Crippen LogP contribution in [0.4, 0.5) is 11.7 Å². The van der Waals surface area contributed by atoms with Crippen LogP contribution in [0, 0.1) is 0 Å². The molecule has 1 atom stereocenters. The number of nitrogens with zero attached hydrogens (tertiary/aromatic N) is 3. The number of nitrogens with one attached hydrogen (secondary N) is 2. The van der Waals surface area contributed by atoms with Crippen molar-refractivity contribution in [1.29, 1.82) is 0 Å². The molecule has 2 heterocycles. The van der Waals surface area contributed by atoms with Crippen molar-refractivity contribution in [2.45, 2.75) is 24.9 Å². The normalized spacial score (nSPS) is 18.9. The molecule has 2 aromatic carbocycles. The van der Waals surface area contributed by atoms with Gasteiger partial charge in [-0.05, 0) is 18.9 Å². The summed E-state index contributed by atoms with van der Waals surface area (Å²) in [5.74, 6) is 0.685. The number of aromatic nitrogens is 2. The molecule has 1 aliphatic carbocycles. The number of benzene rings is 2. The van der Waals surface area contributed by atoms with Crippen LogP contribution in [0.15, 0.2) is 64.0 Å². The van der Waals surface area contributed by atoms with E-state index in [0.717, 1.165) is 35.4 Å². The molecule has 1 saturated carbocycles. The van der Waals surface area contributed by atoms with E-state index in [0.29, 0.717) is 11.8 Å². The highest BCUT2D eigenvalue weighted by Gasteiger charge is 2.31. The Kier molecular flexibility index (Phi) is 3.71. The van der Waals surface area contributed by atoms with E-state index < -0.39 is 6.17 Å². The number of amides is 1. The standard InChI is InChI=1S/C20H17N5O2/c26-18-17(23-20-25-24-19(27-20)13-10-11-13)22-16(12-6-2-1-3-7-12)14-8-4-5-9-15(14)21-18/h1-9,13,17H,10-11H2,(H,21,26)(H,23,25). The zero-order valence-corrected chi connectivity index (χ0v) is 14.4. The molecule has 2 N–H and O–H groups in total. The van der Waals surface area contributed by atoms with Gasteiger partial charge in [0, 0.05) is 17.0 Å². The second kappa shape index (κ2) is 6.35. The third-order valence-electron chi connectivity index (χ3n) is 4.62. The predicted octanol–water partition coefficient (Wildman–Crippen LogP) is 3.17. The van der Waals surface area contributed by atoms with E-state index in [1.165, 1.54) is 0 Å². The third-order valence-corrected chi connectivity index (χ3v) is 4.62. The minimum absolute atomic E-state index is 0.208. The van der Waals surface area contributed by atoms with Crippen molar-refractivity contribution in [3.8, 4) is 0 Å².